The van der Waals surface area contributed by atoms with E-state index in [4.69, 9.17) is 4.74 Å². The smallest absolute Gasteiger partial charge is 0.276 e. The van der Waals surface area contributed by atoms with Crippen LogP contribution in [0.4, 0.5) is 10.1 Å². The van der Waals surface area contributed by atoms with Gasteiger partial charge in [0.1, 0.15) is 0 Å². The van der Waals surface area contributed by atoms with Crippen molar-refractivity contribution in [2.45, 2.75) is 6.42 Å². The van der Waals surface area contributed by atoms with Crippen molar-refractivity contribution in [3.8, 4) is 5.75 Å². The van der Waals surface area contributed by atoms with Crippen molar-refractivity contribution in [1.29, 1.82) is 0 Å². The van der Waals surface area contributed by atoms with E-state index in [-0.39, 0.29) is 11.3 Å². The van der Waals surface area contributed by atoms with Crippen molar-refractivity contribution in [1.82, 2.24) is 10.9 Å². The molecule has 148 valence electrons. The Balaban J connectivity index is 1.55. The number of amides is 2. The molecule has 0 aromatic heterocycles. The lowest BCUT2D eigenvalue weighted by molar-refractivity contribution is -0.123. The SMILES string of the molecule is CS(=O)(=O)N1CCc2cc(C(=O)NNC(=O)COc3ccccc3F)ccc21. The Kier molecular flexibility index (Phi) is 5.50. The third-order valence-corrected chi connectivity index (χ3v) is 5.29. The fraction of sp³-hybridized carbons (Fsp3) is 0.222. The van der Waals surface area contributed by atoms with Crippen LogP contribution in [0.5, 0.6) is 5.75 Å². The quantitative estimate of drug-likeness (QED) is 0.720. The van der Waals surface area contributed by atoms with Gasteiger partial charge >= 0.3 is 0 Å². The van der Waals surface area contributed by atoms with E-state index in [2.05, 4.69) is 10.9 Å². The zero-order valence-corrected chi connectivity index (χ0v) is 15.8. The molecule has 0 atom stereocenters. The van der Waals surface area contributed by atoms with Crippen LogP contribution in [0.2, 0.25) is 0 Å². The molecule has 28 heavy (non-hydrogen) atoms. The lowest BCUT2D eigenvalue weighted by Crippen LogP contribution is -2.43. The van der Waals surface area contributed by atoms with Gasteiger partial charge in [0.25, 0.3) is 11.8 Å². The van der Waals surface area contributed by atoms with Crippen molar-refractivity contribution >= 4 is 27.5 Å². The Morgan fingerprint density at radius 2 is 1.93 bits per heavy atom. The van der Waals surface area contributed by atoms with Crippen molar-refractivity contribution < 1.29 is 27.1 Å². The second-order valence-corrected chi connectivity index (χ2v) is 8.06. The summed E-state index contributed by atoms with van der Waals surface area (Å²) in [5, 5.41) is 0. The van der Waals surface area contributed by atoms with Crippen LogP contribution in [0.25, 0.3) is 0 Å². The number of anilines is 1. The standard InChI is InChI=1S/C18H18FN3O5S/c1-28(25,26)22-9-8-12-10-13(6-7-15(12)22)18(24)21-20-17(23)11-27-16-5-3-2-4-14(16)19/h2-7,10H,8-9,11H2,1H3,(H,20,23)(H,21,24). The van der Waals surface area contributed by atoms with E-state index in [0.717, 1.165) is 11.8 Å². The number of para-hydroxylation sites is 1. The van der Waals surface area contributed by atoms with Gasteiger partial charge in [-0.15, -0.1) is 0 Å². The summed E-state index contributed by atoms with van der Waals surface area (Å²) in [5.41, 5.74) is 5.96. The molecule has 0 spiro atoms. The summed E-state index contributed by atoms with van der Waals surface area (Å²) in [7, 11) is -3.37. The molecule has 0 saturated heterocycles. The van der Waals surface area contributed by atoms with Crippen LogP contribution in [-0.4, -0.2) is 39.6 Å². The number of benzene rings is 2. The Hall–Kier alpha value is -3.14. The molecule has 0 fully saturated rings. The largest absolute Gasteiger partial charge is 0.481 e. The van der Waals surface area contributed by atoms with E-state index < -0.39 is 34.3 Å². The third-order valence-electron chi connectivity index (χ3n) is 4.11. The molecule has 0 aliphatic carbocycles. The monoisotopic (exact) mass is 407 g/mol. The zero-order valence-electron chi connectivity index (χ0n) is 14.9. The zero-order chi connectivity index (χ0) is 20.3. The van der Waals surface area contributed by atoms with E-state index in [1.807, 2.05) is 0 Å². The Morgan fingerprint density at radius 1 is 1.18 bits per heavy atom. The van der Waals surface area contributed by atoms with Gasteiger partial charge in [0.2, 0.25) is 10.0 Å². The number of hydrogen-bond acceptors (Lipinski definition) is 5. The van der Waals surface area contributed by atoms with Crippen molar-refractivity contribution in [3.63, 3.8) is 0 Å². The number of nitrogens with one attached hydrogen (secondary N) is 2. The normalized spacial score (nSPS) is 13.0. The summed E-state index contributed by atoms with van der Waals surface area (Å²) in [6, 6.07) is 10.3. The Morgan fingerprint density at radius 3 is 2.64 bits per heavy atom. The van der Waals surface area contributed by atoms with Gasteiger partial charge in [-0.05, 0) is 42.3 Å². The molecule has 0 saturated carbocycles. The van der Waals surface area contributed by atoms with Crippen molar-refractivity contribution in [2.75, 3.05) is 23.7 Å². The second-order valence-electron chi connectivity index (χ2n) is 6.15. The Labute approximate surface area is 161 Å². The number of sulfonamides is 1. The highest BCUT2D eigenvalue weighted by Crippen LogP contribution is 2.30. The fourth-order valence-corrected chi connectivity index (χ4v) is 3.76. The minimum Gasteiger partial charge on any atom is -0.481 e. The fourth-order valence-electron chi connectivity index (χ4n) is 2.80. The van der Waals surface area contributed by atoms with Crippen LogP contribution in [0.1, 0.15) is 15.9 Å². The molecule has 2 amide bonds. The van der Waals surface area contributed by atoms with Gasteiger partial charge in [-0.2, -0.15) is 0 Å². The van der Waals surface area contributed by atoms with Crippen LogP contribution in [0.15, 0.2) is 42.5 Å². The van der Waals surface area contributed by atoms with Gasteiger partial charge in [-0.25, -0.2) is 12.8 Å². The summed E-state index contributed by atoms with van der Waals surface area (Å²) in [4.78, 5) is 24.0. The topological polar surface area (TPSA) is 105 Å². The number of ether oxygens (including phenoxy) is 1. The molecule has 0 unspecified atom stereocenters. The molecule has 0 bridgehead atoms. The van der Waals surface area contributed by atoms with Gasteiger partial charge in [0.15, 0.2) is 18.2 Å². The van der Waals surface area contributed by atoms with E-state index >= 15 is 0 Å². The highest BCUT2D eigenvalue weighted by atomic mass is 32.2. The summed E-state index contributed by atoms with van der Waals surface area (Å²) >= 11 is 0. The number of nitrogens with zero attached hydrogens (tertiary/aromatic N) is 1. The average Bonchev–Trinajstić information content (AvgIpc) is 3.09. The van der Waals surface area contributed by atoms with Gasteiger partial charge in [-0.1, -0.05) is 12.1 Å². The minimum atomic E-state index is -3.37. The molecule has 2 aromatic rings. The molecule has 3 rings (SSSR count). The van der Waals surface area contributed by atoms with E-state index in [0.29, 0.717) is 18.7 Å². The van der Waals surface area contributed by atoms with Crippen LogP contribution < -0.4 is 19.9 Å². The number of hydrazine groups is 1. The average molecular weight is 407 g/mol. The van der Waals surface area contributed by atoms with Gasteiger partial charge in [0.05, 0.1) is 11.9 Å². The molecule has 10 heteroatoms. The molecule has 8 nitrogen and oxygen atoms in total. The molecule has 1 aliphatic rings. The number of fused-ring (bicyclic) bond motifs is 1. The van der Waals surface area contributed by atoms with Gasteiger partial charge in [0, 0.05) is 12.1 Å². The van der Waals surface area contributed by atoms with E-state index in [1.54, 1.807) is 18.2 Å². The number of hydrogen-bond donors (Lipinski definition) is 2. The first-order valence-electron chi connectivity index (χ1n) is 8.33. The maximum absolute atomic E-state index is 13.4. The summed E-state index contributed by atoms with van der Waals surface area (Å²) < 4.78 is 43.2. The molecular formula is C18H18FN3O5S. The first-order valence-corrected chi connectivity index (χ1v) is 10.2. The minimum absolute atomic E-state index is 0.0713. The summed E-state index contributed by atoms with van der Waals surface area (Å²) in [5.74, 6) is -1.90. The van der Waals surface area contributed by atoms with E-state index in [9.17, 15) is 22.4 Å². The second kappa shape index (κ2) is 7.85. The number of carbonyl (C=O) groups excluding carboxylic acids is 2. The third kappa shape index (κ3) is 4.39. The predicted molar refractivity (Wildman–Crippen MR) is 99.8 cm³/mol. The highest BCUT2D eigenvalue weighted by molar-refractivity contribution is 7.92. The molecule has 1 aliphatic heterocycles. The summed E-state index contributed by atoms with van der Waals surface area (Å²) in [6.45, 7) is -0.155. The number of rotatable bonds is 5. The molecule has 0 radical (unpaired) electrons. The van der Waals surface area contributed by atoms with Gasteiger partial charge < -0.3 is 4.74 Å². The van der Waals surface area contributed by atoms with Gasteiger partial charge in [-0.3, -0.25) is 24.7 Å². The van der Waals surface area contributed by atoms with Crippen molar-refractivity contribution in [2.24, 2.45) is 0 Å². The number of carbonyl (C=O) groups is 2. The van der Waals surface area contributed by atoms with Crippen LogP contribution in [0, 0.1) is 5.82 Å². The predicted octanol–water partition coefficient (Wildman–Crippen LogP) is 0.988. The lowest BCUT2D eigenvalue weighted by atomic mass is 10.1. The lowest BCUT2D eigenvalue weighted by Gasteiger charge is -2.16. The van der Waals surface area contributed by atoms with Crippen molar-refractivity contribution in [3.05, 3.63) is 59.4 Å². The highest BCUT2D eigenvalue weighted by Gasteiger charge is 2.26. The Bertz CT molecular complexity index is 1030. The maximum atomic E-state index is 13.4. The molecule has 2 N–H and O–H groups in total. The molecule has 2 aromatic carbocycles. The van der Waals surface area contributed by atoms with Crippen LogP contribution >= 0.6 is 0 Å². The number of halogens is 1. The molecular weight excluding hydrogens is 389 g/mol. The summed E-state index contributed by atoms with van der Waals surface area (Å²) in [6.07, 6.45) is 1.62. The van der Waals surface area contributed by atoms with Crippen LogP contribution in [-0.2, 0) is 21.2 Å². The first-order chi connectivity index (χ1) is 13.3. The van der Waals surface area contributed by atoms with Crippen LogP contribution in [0.3, 0.4) is 0 Å². The molecule has 1 heterocycles. The first kappa shape index (κ1) is 19.6. The maximum Gasteiger partial charge on any atom is 0.276 e. The van der Waals surface area contributed by atoms with E-state index in [1.165, 1.54) is 28.6 Å².